The average Bonchev–Trinajstić information content (AvgIpc) is 2.47. The molecule has 0 spiro atoms. The highest BCUT2D eigenvalue weighted by Gasteiger charge is 2.23. The van der Waals surface area contributed by atoms with Crippen LogP contribution in [0.5, 0.6) is 0 Å². The molecule has 0 N–H and O–H groups in total. The summed E-state index contributed by atoms with van der Waals surface area (Å²) in [5.41, 5.74) is 0. The van der Waals surface area contributed by atoms with E-state index in [2.05, 4.69) is 19.1 Å². The van der Waals surface area contributed by atoms with E-state index in [4.69, 9.17) is 0 Å². The zero-order valence-electron chi connectivity index (χ0n) is 7.12. The van der Waals surface area contributed by atoms with E-state index in [1.807, 2.05) is 0 Å². The summed E-state index contributed by atoms with van der Waals surface area (Å²) in [7, 11) is 0. The topological polar surface area (TPSA) is 17.1 Å². The molecule has 0 aliphatic heterocycles. The summed E-state index contributed by atoms with van der Waals surface area (Å²) in [6.45, 7) is 2.13. The van der Waals surface area contributed by atoms with Gasteiger partial charge in [-0.15, -0.1) is 0 Å². The molecule has 0 unspecified atom stereocenters. The smallest absolute Gasteiger partial charge is 0.123 e. The first-order valence-corrected chi connectivity index (χ1v) is 4.50. The fourth-order valence-electron chi connectivity index (χ4n) is 1.74. The van der Waals surface area contributed by atoms with E-state index in [-0.39, 0.29) is 0 Å². The lowest BCUT2D eigenvalue weighted by molar-refractivity contribution is -0.111. The van der Waals surface area contributed by atoms with Crippen molar-refractivity contribution in [3.63, 3.8) is 0 Å². The van der Waals surface area contributed by atoms with Crippen molar-refractivity contribution in [1.29, 1.82) is 0 Å². The van der Waals surface area contributed by atoms with Crippen LogP contribution in [-0.4, -0.2) is 6.29 Å². The Balaban J connectivity index is 2.43. The second-order valence-corrected chi connectivity index (χ2v) is 3.23. The average molecular weight is 152 g/mol. The SMILES string of the molecule is CC/C=C\[C@@H]1CCC[C@H]1C=O. The van der Waals surface area contributed by atoms with Gasteiger partial charge in [-0.2, -0.15) is 0 Å². The van der Waals surface area contributed by atoms with Gasteiger partial charge in [-0.05, 0) is 25.2 Å². The monoisotopic (exact) mass is 152 g/mol. The molecule has 0 radical (unpaired) electrons. The molecule has 0 aromatic heterocycles. The third-order valence-corrected chi connectivity index (χ3v) is 2.42. The Labute approximate surface area is 68.5 Å². The summed E-state index contributed by atoms with van der Waals surface area (Å²) in [5.74, 6) is 0.866. The normalized spacial score (nSPS) is 31.4. The number of carbonyl (C=O) groups excluding carboxylic acids is 1. The van der Waals surface area contributed by atoms with Gasteiger partial charge in [0.05, 0.1) is 0 Å². The van der Waals surface area contributed by atoms with Crippen molar-refractivity contribution in [3.05, 3.63) is 12.2 Å². The van der Waals surface area contributed by atoms with Crippen LogP contribution in [0, 0.1) is 11.8 Å². The van der Waals surface area contributed by atoms with Gasteiger partial charge in [0.2, 0.25) is 0 Å². The summed E-state index contributed by atoms with van der Waals surface area (Å²) < 4.78 is 0. The van der Waals surface area contributed by atoms with Gasteiger partial charge in [0.15, 0.2) is 0 Å². The summed E-state index contributed by atoms with van der Waals surface area (Å²) in [4.78, 5) is 10.5. The molecule has 1 aliphatic rings. The maximum absolute atomic E-state index is 10.5. The van der Waals surface area contributed by atoms with Crippen molar-refractivity contribution >= 4 is 6.29 Å². The fraction of sp³-hybridized carbons (Fsp3) is 0.700. The molecule has 0 aromatic carbocycles. The van der Waals surface area contributed by atoms with Crippen molar-refractivity contribution in [1.82, 2.24) is 0 Å². The Hall–Kier alpha value is -0.590. The largest absolute Gasteiger partial charge is 0.303 e. The molecule has 1 rings (SSSR count). The van der Waals surface area contributed by atoms with Gasteiger partial charge in [-0.3, -0.25) is 0 Å². The molecule has 1 saturated carbocycles. The van der Waals surface area contributed by atoms with E-state index in [0.29, 0.717) is 11.8 Å². The first-order chi connectivity index (χ1) is 5.38. The number of aldehydes is 1. The van der Waals surface area contributed by atoms with Crippen LogP contribution in [0.1, 0.15) is 32.6 Å². The standard InChI is InChI=1S/C10H16O/c1-2-3-5-9-6-4-7-10(9)8-11/h3,5,8-10H,2,4,6-7H2,1H3/b5-3-/t9-,10+/m1/s1. The predicted molar refractivity (Wildman–Crippen MR) is 46.3 cm³/mol. The minimum absolute atomic E-state index is 0.317. The van der Waals surface area contributed by atoms with E-state index >= 15 is 0 Å². The van der Waals surface area contributed by atoms with E-state index in [1.54, 1.807) is 0 Å². The van der Waals surface area contributed by atoms with E-state index in [9.17, 15) is 4.79 Å². The molecular formula is C10H16O. The molecule has 62 valence electrons. The molecule has 0 heterocycles. The highest BCUT2D eigenvalue weighted by Crippen LogP contribution is 2.30. The van der Waals surface area contributed by atoms with Crippen LogP contribution in [-0.2, 0) is 4.79 Å². The molecule has 1 fully saturated rings. The van der Waals surface area contributed by atoms with E-state index < -0.39 is 0 Å². The van der Waals surface area contributed by atoms with Gasteiger partial charge in [0.1, 0.15) is 6.29 Å². The molecule has 11 heavy (non-hydrogen) atoms. The van der Waals surface area contributed by atoms with Gasteiger partial charge < -0.3 is 4.79 Å². The highest BCUT2D eigenvalue weighted by molar-refractivity contribution is 5.55. The Morgan fingerprint density at radius 3 is 2.73 bits per heavy atom. The van der Waals surface area contributed by atoms with Crippen LogP contribution in [0.2, 0.25) is 0 Å². The van der Waals surface area contributed by atoms with Crippen LogP contribution in [0.15, 0.2) is 12.2 Å². The maximum Gasteiger partial charge on any atom is 0.123 e. The van der Waals surface area contributed by atoms with Crippen molar-refractivity contribution in [2.24, 2.45) is 11.8 Å². The van der Waals surface area contributed by atoms with Crippen molar-refractivity contribution < 1.29 is 4.79 Å². The minimum atomic E-state index is 0.317. The van der Waals surface area contributed by atoms with Crippen LogP contribution in [0.25, 0.3) is 0 Å². The molecular weight excluding hydrogens is 136 g/mol. The Bertz CT molecular complexity index is 149. The molecule has 1 nitrogen and oxygen atoms in total. The van der Waals surface area contributed by atoms with Gasteiger partial charge in [-0.25, -0.2) is 0 Å². The Morgan fingerprint density at radius 1 is 1.36 bits per heavy atom. The molecule has 2 atom stereocenters. The van der Waals surface area contributed by atoms with Gasteiger partial charge in [0, 0.05) is 5.92 Å². The van der Waals surface area contributed by atoms with Gasteiger partial charge in [-0.1, -0.05) is 25.5 Å². The first-order valence-electron chi connectivity index (χ1n) is 4.50. The van der Waals surface area contributed by atoms with Crippen LogP contribution < -0.4 is 0 Å². The van der Waals surface area contributed by atoms with Gasteiger partial charge >= 0.3 is 0 Å². The molecule has 1 aliphatic carbocycles. The number of hydrogen-bond donors (Lipinski definition) is 0. The van der Waals surface area contributed by atoms with Crippen molar-refractivity contribution in [3.8, 4) is 0 Å². The Kier molecular flexibility index (Phi) is 3.34. The van der Waals surface area contributed by atoms with Crippen LogP contribution in [0.3, 0.4) is 0 Å². The molecule has 0 bridgehead atoms. The maximum atomic E-state index is 10.5. The molecule has 0 aromatic rings. The van der Waals surface area contributed by atoms with E-state index in [0.717, 1.165) is 19.1 Å². The van der Waals surface area contributed by atoms with Crippen LogP contribution in [0.4, 0.5) is 0 Å². The second-order valence-electron chi connectivity index (χ2n) is 3.23. The second kappa shape index (κ2) is 4.32. The molecule has 1 heteroatoms. The fourth-order valence-corrected chi connectivity index (χ4v) is 1.74. The quantitative estimate of drug-likeness (QED) is 0.448. The third-order valence-electron chi connectivity index (χ3n) is 2.42. The van der Waals surface area contributed by atoms with Crippen molar-refractivity contribution in [2.45, 2.75) is 32.6 Å². The van der Waals surface area contributed by atoms with Crippen LogP contribution >= 0.6 is 0 Å². The van der Waals surface area contributed by atoms with E-state index in [1.165, 1.54) is 12.8 Å². The zero-order chi connectivity index (χ0) is 8.10. The zero-order valence-corrected chi connectivity index (χ0v) is 7.12. The lowest BCUT2D eigenvalue weighted by Crippen LogP contribution is -2.05. The lowest BCUT2D eigenvalue weighted by Gasteiger charge is -2.07. The molecule has 0 amide bonds. The predicted octanol–water partition coefficient (Wildman–Crippen LogP) is 2.57. The summed E-state index contributed by atoms with van der Waals surface area (Å²) in [6, 6.07) is 0. The summed E-state index contributed by atoms with van der Waals surface area (Å²) >= 11 is 0. The minimum Gasteiger partial charge on any atom is -0.303 e. The Morgan fingerprint density at radius 2 is 2.09 bits per heavy atom. The first kappa shape index (κ1) is 8.51. The summed E-state index contributed by atoms with van der Waals surface area (Å²) in [6.07, 6.45) is 10.1. The number of hydrogen-bond acceptors (Lipinski definition) is 1. The van der Waals surface area contributed by atoms with Gasteiger partial charge in [0.25, 0.3) is 0 Å². The third kappa shape index (κ3) is 2.18. The highest BCUT2D eigenvalue weighted by atomic mass is 16.1. The van der Waals surface area contributed by atoms with Crippen molar-refractivity contribution in [2.75, 3.05) is 0 Å². The summed E-state index contributed by atoms with van der Waals surface area (Å²) in [5, 5.41) is 0. The molecule has 0 saturated heterocycles. The number of allylic oxidation sites excluding steroid dienone is 2. The number of rotatable bonds is 3. The lowest BCUT2D eigenvalue weighted by atomic mass is 9.97. The number of carbonyl (C=O) groups is 1.